The Morgan fingerprint density at radius 3 is 2.69 bits per heavy atom. The van der Waals surface area contributed by atoms with Crippen molar-refractivity contribution in [3.63, 3.8) is 0 Å². The molecule has 3 heterocycles. The van der Waals surface area contributed by atoms with Crippen LogP contribution >= 0.6 is 0 Å². The number of rotatable bonds is 11. The molecule has 2 unspecified atom stereocenters. The van der Waals surface area contributed by atoms with Crippen molar-refractivity contribution in [1.82, 2.24) is 10.2 Å². The molecule has 2 atom stereocenters. The van der Waals surface area contributed by atoms with Crippen LogP contribution in [0.5, 0.6) is 11.5 Å². The number of hydrogen-bond donors (Lipinski definition) is 1. The first kappa shape index (κ1) is 28.5. The molecule has 1 N–H and O–H groups in total. The predicted molar refractivity (Wildman–Crippen MR) is 163 cm³/mol. The largest absolute Gasteiger partial charge is 0.490 e. The van der Waals surface area contributed by atoms with Gasteiger partial charge in [-0.05, 0) is 66.9 Å². The van der Waals surface area contributed by atoms with Crippen LogP contribution in [0, 0.1) is 0 Å². The lowest BCUT2D eigenvalue weighted by molar-refractivity contribution is 0.0105. The molecule has 42 heavy (non-hydrogen) atoms. The first-order chi connectivity index (χ1) is 20.7. The number of amides is 1. The molecule has 0 radical (unpaired) electrons. The molecule has 3 aromatic rings. The molecule has 2 saturated heterocycles. The van der Waals surface area contributed by atoms with Crippen LogP contribution in [0.4, 0.5) is 5.69 Å². The fourth-order valence-electron chi connectivity index (χ4n) is 6.06. The number of carbonyl (C=O) groups is 1. The Morgan fingerprint density at radius 1 is 1.05 bits per heavy atom. The lowest BCUT2D eigenvalue weighted by Crippen LogP contribution is -2.56. The predicted octanol–water partition coefficient (Wildman–Crippen LogP) is 4.49. The van der Waals surface area contributed by atoms with Crippen LogP contribution < -0.4 is 19.7 Å². The van der Waals surface area contributed by atoms with Gasteiger partial charge in [0, 0.05) is 38.3 Å². The van der Waals surface area contributed by atoms with Crippen molar-refractivity contribution in [2.75, 3.05) is 64.5 Å². The van der Waals surface area contributed by atoms with Gasteiger partial charge < -0.3 is 34.1 Å². The third-order valence-corrected chi connectivity index (χ3v) is 8.42. The zero-order valence-electron chi connectivity index (χ0n) is 24.4. The van der Waals surface area contributed by atoms with Crippen LogP contribution in [0.15, 0.2) is 72.8 Å². The first-order valence-electron chi connectivity index (χ1n) is 15.1. The minimum Gasteiger partial charge on any atom is -0.490 e. The Labute approximate surface area is 248 Å². The molecular weight excluding hydrogens is 530 g/mol. The molecule has 0 saturated carbocycles. The maximum Gasteiger partial charge on any atom is 0.254 e. The summed E-state index contributed by atoms with van der Waals surface area (Å²) in [4.78, 5) is 16.8. The first-order valence-corrected chi connectivity index (χ1v) is 15.1. The number of fused-ring (bicyclic) bond motifs is 1. The Bertz CT molecular complexity index is 1310. The van der Waals surface area contributed by atoms with Gasteiger partial charge in [0.05, 0.1) is 38.0 Å². The summed E-state index contributed by atoms with van der Waals surface area (Å²) in [6.07, 6.45) is 2.12. The molecule has 8 heteroatoms. The van der Waals surface area contributed by atoms with Crippen LogP contribution in [-0.4, -0.2) is 82.6 Å². The maximum atomic E-state index is 12.6. The second-order valence-corrected chi connectivity index (χ2v) is 11.3. The number of carbonyl (C=O) groups excluding carboxylic acids is 1. The summed E-state index contributed by atoms with van der Waals surface area (Å²) in [6.45, 7) is 6.89. The number of nitrogens with one attached hydrogen (secondary N) is 1. The van der Waals surface area contributed by atoms with Crippen LogP contribution in [0.25, 0.3) is 0 Å². The molecule has 8 nitrogen and oxygen atoms in total. The summed E-state index contributed by atoms with van der Waals surface area (Å²) in [5.74, 6) is 2.16. The minimum absolute atomic E-state index is 0.0244. The van der Waals surface area contributed by atoms with E-state index in [2.05, 4.69) is 52.7 Å². The third kappa shape index (κ3) is 6.72. The lowest BCUT2D eigenvalue weighted by Gasteiger charge is -2.39. The molecule has 0 aromatic heterocycles. The van der Waals surface area contributed by atoms with Crippen molar-refractivity contribution in [3.05, 3.63) is 89.5 Å². The number of nitrogens with zero attached hydrogens (tertiary/aromatic N) is 2. The van der Waals surface area contributed by atoms with Gasteiger partial charge in [0.1, 0.15) is 24.2 Å². The van der Waals surface area contributed by atoms with Crippen molar-refractivity contribution in [2.45, 2.75) is 37.6 Å². The maximum absolute atomic E-state index is 12.6. The summed E-state index contributed by atoms with van der Waals surface area (Å²) >= 11 is 0. The number of anilines is 1. The van der Waals surface area contributed by atoms with Crippen molar-refractivity contribution in [2.24, 2.45) is 0 Å². The molecule has 0 bridgehead atoms. The summed E-state index contributed by atoms with van der Waals surface area (Å²) in [6, 6.07) is 24.3. The monoisotopic (exact) mass is 571 g/mol. The van der Waals surface area contributed by atoms with Crippen LogP contribution in [0.1, 0.15) is 40.2 Å². The smallest absolute Gasteiger partial charge is 0.254 e. The minimum atomic E-state index is 0.0244. The van der Waals surface area contributed by atoms with E-state index in [9.17, 15) is 4.79 Å². The Balaban J connectivity index is 1.02. The van der Waals surface area contributed by atoms with Crippen molar-refractivity contribution >= 4 is 11.6 Å². The summed E-state index contributed by atoms with van der Waals surface area (Å²) in [7, 11) is 1.75. The van der Waals surface area contributed by atoms with Crippen molar-refractivity contribution < 1.29 is 23.7 Å². The summed E-state index contributed by atoms with van der Waals surface area (Å²) in [5.41, 5.74) is 4.29. The van der Waals surface area contributed by atoms with Crippen molar-refractivity contribution in [3.8, 4) is 11.5 Å². The zero-order chi connectivity index (χ0) is 28.7. The highest BCUT2D eigenvalue weighted by atomic mass is 16.5. The molecule has 2 fully saturated rings. The van der Waals surface area contributed by atoms with Crippen LogP contribution in [-0.2, 0) is 16.1 Å². The Kier molecular flexibility index (Phi) is 9.23. The lowest BCUT2D eigenvalue weighted by atomic mass is 9.87. The van der Waals surface area contributed by atoms with Gasteiger partial charge in [-0.2, -0.15) is 0 Å². The average Bonchev–Trinajstić information content (AvgIpc) is 3.02. The topological polar surface area (TPSA) is 72.5 Å². The van der Waals surface area contributed by atoms with Gasteiger partial charge in [-0.3, -0.25) is 4.79 Å². The number of methoxy groups -OCH3 is 1. The Hall–Kier alpha value is -3.59. The number of piperidine rings is 1. The zero-order valence-corrected chi connectivity index (χ0v) is 24.4. The molecule has 222 valence electrons. The number of likely N-dealkylation sites (tertiary alicyclic amines) is 1. The van der Waals surface area contributed by atoms with E-state index >= 15 is 0 Å². The molecular formula is C34H41N3O5. The quantitative estimate of drug-likeness (QED) is 0.340. The van der Waals surface area contributed by atoms with Gasteiger partial charge in [-0.1, -0.05) is 36.4 Å². The van der Waals surface area contributed by atoms with E-state index in [0.717, 1.165) is 73.9 Å². The van der Waals surface area contributed by atoms with E-state index in [1.54, 1.807) is 7.11 Å². The number of hydrogen-bond acceptors (Lipinski definition) is 7. The fraction of sp³-hybridized carbons (Fsp3) is 0.441. The van der Waals surface area contributed by atoms with Crippen LogP contribution in [0.2, 0.25) is 0 Å². The summed E-state index contributed by atoms with van der Waals surface area (Å²) in [5, 5.41) is 3.51. The van der Waals surface area contributed by atoms with Crippen LogP contribution in [0.3, 0.4) is 0 Å². The van der Waals surface area contributed by atoms with Gasteiger partial charge in [-0.15, -0.1) is 0 Å². The average molecular weight is 572 g/mol. The highest BCUT2D eigenvalue weighted by Crippen LogP contribution is 2.34. The van der Waals surface area contributed by atoms with E-state index in [1.165, 1.54) is 5.56 Å². The van der Waals surface area contributed by atoms with E-state index in [-0.39, 0.29) is 18.1 Å². The van der Waals surface area contributed by atoms with E-state index in [0.29, 0.717) is 32.2 Å². The SMILES string of the molecule is COCCCN1CCOc2ccc(COC3CNCCC3c3ccc(OC4CN(C(=O)c5ccccc5)C4)cc3)cc21. The third-order valence-electron chi connectivity index (χ3n) is 8.42. The molecule has 3 aromatic carbocycles. The van der Waals surface area contributed by atoms with Gasteiger partial charge in [0.15, 0.2) is 0 Å². The molecule has 6 rings (SSSR count). The summed E-state index contributed by atoms with van der Waals surface area (Å²) < 4.78 is 23.9. The fourth-order valence-corrected chi connectivity index (χ4v) is 6.06. The van der Waals surface area contributed by atoms with Gasteiger partial charge in [0.25, 0.3) is 5.91 Å². The van der Waals surface area contributed by atoms with E-state index in [4.69, 9.17) is 18.9 Å². The van der Waals surface area contributed by atoms with E-state index in [1.807, 2.05) is 35.2 Å². The second-order valence-electron chi connectivity index (χ2n) is 11.3. The molecule has 1 amide bonds. The molecule has 3 aliphatic heterocycles. The molecule has 3 aliphatic rings. The standard InChI is InChI=1S/C34H41N3O5/c1-39-18-5-16-36-17-19-40-32-13-8-25(20-31(32)36)24-41-33-21-35-15-14-30(33)26-9-11-28(12-10-26)42-29-22-37(23-29)34(38)27-6-3-2-4-7-27/h2-4,6-13,20,29-30,33,35H,5,14-19,21-24H2,1H3. The van der Waals surface area contributed by atoms with E-state index < -0.39 is 0 Å². The van der Waals surface area contributed by atoms with Crippen molar-refractivity contribution in [1.29, 1.82) is 0 Å². The van der Waals surface area contributed by atoms with Gasteiger partial charge in [0.2, 0.25) is 0 Å². The highest BCUT2D eigenvalue weighted by Gasteiger charge is 2.33. The number of ether oxygens (including phenoxy) is 4. The van der Waals surface area contributed by atoms with Gasteiger partial charge in [-0.25, -0.2) is 0 Å². The number of benzene rings is 3. The second kappa shape index (κ2) is 13.6. The molecule has 0 aliphatic carbocycles. The van der Waals surface area contributed by atoms with Gasteiger partial charge >= 0.3 is 0 Å². The normalized spacial score (nSPS) is 20.4. The highest BCUT2D eigenvalue weighted by molar-refractivity contribution is 5.94. The molecule has 0 spiro atoms. The Morgan fingerprint density at radius 2 is 1.88 bits per heavy atom.